The molecule has 4 atom stereocenters. The van der Waals surface area contributed by atoms with Gasteiger partial charge in [-0.25, -0.2) is 9.98 Å². The van der Waals surface area contributed by atoms with Crippen LogP contribution >= 0.6 is 0 Å². The number of hydrogen-bond donors (Lipinski definition) is 0. The van der Waals surface area contributed by atoms with Crippen LogP contribution in [0.5, 0.6) is 0 Å². The van der Waals surface area contributed by atoms with Gasteiger partial charge in [0, 0.05) is 19.3 Å². The van der Waals surface area contributed by atoms with E-state index < -0.39 is 11.7 Å². The van der Waals surface area contributed by atoms with Gasteiger partial charge in [0.2, 0.25) is 5.84 Å². The largest absolute Gasteiger partial charge is 0.416 e. The molecule has 0 bridgehead atoms. The molecule has 162 valence electrons. The molecule has 0 spiro atoms. The van der Waals surface area contributed by atoms with E-state index >= 15 is 0 Å². The van der Waals surface area contributed by atoms with E-state index in [4.69, 9.17) is 0 Å². The van der Waals surface area contributed by atoms with Gasteiger partial charge in [-0.1, -0.05) is 24.3 Å². The van der Waals surface area contributed by atoms with Crippen LogP contribution in [0.3, 0.4) is 0 Å². The number of rotatable bonds is 2. The number of carbonyl (C=O) groups excluding carboxylic acids is 1. The molecule has 5 nitrogen and oxygen atoms in total. The highest BCUT2D eigenvalue weighted by Crippen LogP contribution is 2.48. The minimum absolute atomic E-state index is 0.119. The summed E-state index contributed by atoms with van der Waals surface area (Å²) < 4.78 is 40.3. The normalized spacial score (nSPS) is 31.9. The van der Waals surface area contributed by atoms with E-state index in [2.05, 4.69) is 15.0 Å². The number of fused-ring (bicyclic) bond motifs is 2. The highest BCUT2D eigenvalue weighted by atomic mass is 19.4. The first-order chi connectivity index (χ1) is 14.9. The minimum Gasteiger partial charge on any atom is -0.335 e. The number of allylic oxidation sites excluding steroid dienone is 2. The Morgan fingerprint density at radius 3 is 2.58 bits per heavy atom. The third-order valence-electron chi connectivity index (χ3n) is 6.77. The number of likely N-dealkylation sites (tertiary alicyclic amines) is 1. The Bertz CT molecular complexity index is 996. The molecule has 2 fully saturated rings. The van der Waals surface area contributed by atoms with Gasteiger partial charge >= 0.3 is 6.18 Å². The summed E-state index contributed by atoms with van der Waals surface area (Å²) in [6, 6.07) is 5.70. The van der Waals surface area contributed by atoms with Crippen molar-refractivity contribution in [2.24, 2.45) is 26.8 Å². The number of nitrogens with zero attached hydrogens (tertiary/aromatic N) is 4. The van der Waals surface area contributed by atoms with Gasteiger partial charge in [-0.3, -0.25) is 9.79 Å². The maximum absolute atomic E-state index is 13.4. The van der Waals surface area contributed by atoms with Crippen LogP contribution in [-0.4, -0.2) is 47.8 Å². The molecule has 0 aromatic heterocycles. The summed E-state index contributed by atoms with van der Waals surface area (Å²) in [5.74, 6) is 0.894. The quantitative estimate of drug-likeness (QED) is 0.695. The van der Waals surface area contributed by atoms with Gasteiger partial charge in [-0.15, -0.1) is 0 Å². The Morgan fingerprint density at radius 1 is 1.10 bits per heavy atom. The molecular formula is C23H23F3N4O. The molecule has 1 saturated heterocycles. The number of aliphatic imine (C=N–C) groups is 3. The number of carbonyl (C=O) groups is 1. The molecule has 0 radical (unpaired) electrons. The van der Waals surface area contributed by atoms with Gasteiger partial charge in [0.1, 0.15) is 6.04 Å². The maximum Gasteiger partial charge on any atom is 0.416 e. The van der Waals surface area contributed by atoms with E-state index in [1.54, 1.807) is 23.2 Å². The van der Waals surface area contributed by atoms with Crippen molar-refractivity contribution >= 4 is 23.8 Å². The van der Waals surface area contributed by atoms with E-state index in [9.17, 15) is 18.0 Å². The fourth-order valence-corrected chi connectivity index (χ4v) is 5.33. The molecule has 1 saturated carbocycles. The van der Waals surface area contributed by atoms with Gasteiger partial charge < -0.3 is 4.90 Å². The van der Waals surface area contributed by atoms with Crippen LogP contribution in [-0.2, 0) is 11.0 Å². The van der Waals surface area contributed by atoms with Gasteiger partial charge in [-0.05, 0) is 61.1 Å². The summed E-state index contributed by atoms with van der Waals surface area (Å²) >= 11 is 0. The third-order valence-corrected chi connectivity index (χ3v) is 6.77. The summed E-state index contributed by atoms with van der Waals surface area (Å²) in [4.78, 5) is 27.9. The third kappa shape index (κ3) is 3.83. The number of amidine groups is 2. The number of hydrogen-bond acceptors (Lipinski definition) is 4. The van der Waals surface area contributed by atoms with Crippen molar-refractivity contribution in [2.45, 2.75) is 43.8 Å². The van der Waals surface area contributed by atoms with Crippen molar-refractivity contribution in [1.29, 1.82) is 0 Å². The zero-order valence-corrected chi connectivity index (χ0v) is 16.9. The van der Waals surface area contributed by atoms with Crippen LogP contribution in [0.15, 0.2) is 51.4 Å². The highest BCUT2D eigenvalue weighted by Gasteiger charge is 2.46. The topological polar surface area (TPSA) is 57.4 Å². The smallest absolute Gasteiger partial charge is 0.335 e. The lowest BCUT2D eigenvalue weighted by Gasteiger charge is -2.21. The van der Waals surface area contributed by atoms with Crippen LogP contribution in [0.2, 0.25) is 0 Å². The van der Waals surface area contributed by atoms with E-state index in [-0.39, 0.29) is 35.5 Å². The molecule has 3 heterocycles. The molecule has 31 heavy (non-hydrogen) atoms. The average molecular weight is 428 g/mol. The van der Waals surface area contributed by atoms with Crippen LogP contribution in [0, 0.1) is 11.8 Å². The first-order valence-electron chi connectivity index (χ1n) is 10.7. The standard InChI is InChI=1S/C23H23F3N4O/c24-23(25,26)18-7-4-3-6-17(18)14-10-15-12-30(13-16(15)11-14)22(31)21-28-19-8-2-1-5-9-27-20(19)29-21/h1,3-7,9,14-16,19H,2,8,10-13H2/b5-1-,27-9-/t14-,15-,16?,19?/m1/s1. The molecule has 1 aromatic rings. The Hall–Kier alpha value is -2.77. The SMILES string of the molecule is O=C(C1=NC2CC/C=C\C=N/C2=N1)N1CC2C[C@H](c3ccccc3C(F)(F)F)C[C@@H]2C1. The Morgan fingerprint density at radius 2 is 1.84 bits per heavy atom. The maximum atomic E-state index is 13.4. The van der Waals surface area contributed by atoms with Crippen molar-refractivity contribution in [1.82, 2.24) is 4.90 Å². The van der Waals surface area contributed by atoms with E-state index in [1.807, 2.05) is 12.2 Å². The highest BCUT2D eigenvalue weighted by molar-refractivity contribution is 6.41. The lowest BCUT2D eigenvalue weighted by atomic mass is 9.91. The number of alkyl halides is 3. The Balaban J connectivity index is 1.26. The first-order valence-corrected chi connectivity index (χ1v) is 10.7. The Kier molecular flexibility index (Phi) is 5.02. The minimum atomic E-state index is -4.34. The van der Waals surface area contributed by atoms with Gasteiger partial charge in [0.15, 0.2) is 5.84 Å². The zero-order valence-electron chi connectivity index (χ0n) is 16.9. The molecule has 0 N–H and O–H groups in total. The first kappa shape index (κ1) is 20.2. The molecule has 4 aliphatic rings. The van der Waals surface area contributed by atoms with Crippen molar-refractivity contribution in [3.8, 4) is 0 Å². The fraction of sp³-hybridized carbons (Fsp3) is 0.478. The van der Waals surface area contributed by atoms with E-state index in [0.29, 0.717) is 37.3 Å². The van der Waals surface area contributed by atoms with Crippen LogP contribution in [0.1, 0.15) is 42.7 Å². The van der Waals surface area contributed by atoms with Gasteiger partial charge in [-0.2, -0.15) is 13.2 Å². The molecule has 1 amide bonds. The molecule has 3 aliphatic heterocycles. The molecule has 8 heteroatoms. The predicted molar refractivity (Wildman–Crippen MR) is 113 cm³/mol. The lowest BCUT2D eigenvalue weighted by Crippen LogP contribution is -2.34. The Labute approximate surface area is 178 Å². The second-order valence-corrected chi connectivity index (χ2v) is 8.71. The van der Waals surface area contributed by atoms with Crippen molar-refractivity contribution < 1.29 is 18.0 Å². The molecule has 1 aliphatic carbocycles. The molecular weight excluding hydrogens is 405 g/mol. The van der Waals surface area contributed by atoms with Crippen LogP contribution in [0.25, 0.3) is 0 Å². The monoisotopic (exact) mass is 428 g/mol. The number of amides is 1. The number of benzene rings is 1. The van der Waals surface area contributed by atoms with Crippen molar-refractivity contribution in [3.63, 3.8) is 0 Å². The van der Waals surface area contributed by atoms with E-state index in [0.717, 1.165) is 12.8 Å². The predicted octanol–water partition coefficient (Wildman–Crippen LogP) is 4.26. The number of halogens is 3. The summed E-state index contributed by atoms with van der Waals surface area (Å²) in [6.07, 6.45) is 4.18. The van der Waals surface area contributed by atoms with Crippen molar-refractivity contribution in [3.05, 3.63) is 47.5 Å². The van der Waals surface area contributed by atoms with Crippen LogP contribution in [0.4, 0.5) is 13.2 Å². The summed E-state index contributed by atoms with van der Waals surface area (Å²) in [6.45, 7) is 1.10. The van der Waals surface area contributed by atoms with Gasteiger partial charge in [0.05, 0.1) is 5.56 Å². The van der Waals surface area contributed by atoms with E-state index in [1.165, 1.54) is 12.1 Å². The lowest BCUT2D eigenvalue weighted by molar-refractivity contribution is -0.138. The fourth-order valence-electron chi connectivity index (χ4n) is 5.33. The average Bonchev–Trinajstić information content (AvgIpc) is 3.40. The second kappa shape index (κ2) is 7.73. The second-order valence-electron chi connectivity index (χ2n) is 8.71. The summed E-state index contributed by atoms with van der Waals surface area (Å²) in [5, 5.41) is 0. The molecule has 5 rings (SSSR count). The summed E-state index contributed by atoms with van der Waals surface area (Å²) in [7, 11) is 0. The molecule has 2 unspecified atom stereocenters. The van der Waals surface area contributed by atoms with Gasteiger partial charge in [0.25, 0.3) is 5.91 Å². The molecule has 1 aromatic carbocycles. The van der Waals surface area contributed by atoms with Crippen LogP contribution < -0.4 is 0 Å². The summed E-state index contributed by atoms with van der Waals surface area (Å²) in [5.41, 5.74) is -0.148. The van der Waals surface area contributed by atoms with Crippen molar-refractivity contribution in [2.75, 3.05) is 13.1 Å². The zero-order chi connectivity index (χ0) is 21.6.